The summed E-state index contributed by atoms with van der Waals surface area (Å²) >= 11 is 0. The van der Waals surface area contributed by atoms with Crippen LogP contribution in [0.25, 0.3) is 0 Å². The van der Waals surface area contributed by atoms with E-state index < -0.39 is 42.1 Å². The number of halogens is 5. The number of nitrogens with zero attached hydrogens (tertiary/aromatic N) is 2. The molecule has 0 saturated carbocycles. The van der Waals surface area contributed by atoms with E-state index >= 15 is 0 Å². The summed E-state index contributed by atoms with van der Waals surface area (Å²) in [4.78, 5) is 3.05. The molecule has 4 nitrogen and oxygen atoms in total. The lowest BCUT2D eigenvalue weighted by Gasteiger charge is -2.13. The molecule has 0 aliphatic carbocycles. The maximum atomic E-state index is 12.5. The van der Waals surface area contributed by atoms with Crippen LogP contribution in [0.5, 0.6) is 5.75 Å². The maximum absolute atomic E-state index is 12.5. The summed E-state index contributed by atoms with van der Waals surface area (Å²) in [6.45, 7) is -0.952. The Labute approximate surface area is 97.2 Å². The van der Waals surface area contributed by atoms with E-state index in [2.05, 4.69) is 9.72 Å². The minimum atomic E-state index is -5.09. The highest BCUT2D eigenvalue weighted by Crippen LogP contribution is 2.30. The summed E-state index contributed by atoms with van der Waals surface area (Å²) in [5.74, 6) is -1.03. The van der Waals surface area contributed by atoms with E-state index in [0.29, 0.717) is 6.07 Å². The SMILES string of the molecule is N#Cc1nc(C(F)F)c(CO)cc1OC(F)(F)F. The molecule has 0 aliphatic rings. The van der Waals surface area contributed by atoms with Crippen LogP contribution in [0.4, 0.5) is 22.0 Å². The summed E-state index contributed by atoms with van der Waals surface area (Å²) in [6.07, 6.45) is -8.22. The lowest BCUT2D eigenvalue weighted by Crippen LogP contribution is -2.19. The highest BCUT2D eigenvalue weighted by Gasteiger charge is 2.33. The van der Waals surface area contributed by atoms with Crippen LogP contribution in [0.15, 0.2) is 6.07 Å². The Kier molecular flexibility index (Phi) is 4.03. The monoisotopic (exact) mass is 268 g/mol. The zero-order chi connectivity index (χ0) is 13.9. The smallest absolute Gasteiger partial charge is 0.403 e. The molecule has 1 N–H and O–H groups in total. The molecular weight excluding hydrogens is 263 g/mol. The Morgan fingerprint density at radius 3 is 2.44 bits per heavy atom. The molecular formula is C9H5F5N2O2. The Balaban J connectivity index is 3.32. The van der Waals surface area contributed by atoms with Gasteiger partial charge in [0.05, 0.1) is 6.61 Å². The minimum Gasteiger partial charge on any atom is -0.403 e. The van der Waals surface area contributed by atoms with Gasteiger partial charge in [-0.15, -0.1) is 13.2 Å². The van der Waals surface area contributed by atoms with E-state index in [1.165, 1.54) is 6.07 Å². The summed E-state index contributed by atoms with van der Waals surface area (Å²) in [5, 5.41) is 17.3. The molecule has 0 radical (unpaired) electrons. The zero-order valence-corrected chi connectivity index (χ0v) is 8.50. The molecule has 1 heterocycles. The molecule has 0 aliphatic heterocycles. The van der Waals surface area contributed by atoms with Crippen molar-refractivity contribution in [3.63, 3.8) is 0 Å². The zero-order valence-electron chi connectivity index (χ0n) is 8.50. The van der Waals surface area contributed by atoms with Crippen molar-refractivity contribution in [2.24, 2.45) is 0 Å². The van der Waals surface area contributed by atoms with E-state index in [-0.39, 0.29) is 0 Å². The predicted octanol–water partition coefficient (Wildman–Crippen LogP) is 2.28. The molecule has 0 atom stereocenters. The van der Waals surface area contributed by atoms with Crippen molar-refractivity contribution >= 4 is 0 Å². The third-order valence-electron chi connectivity index (χ3n) is 1.81. The number of aliphatic hydroxyl groups excluding tert-OH is 1. The van der Waals surface area contributed by atoms with Gasteiger partial charge in [0.1, 0.15) is 11.8 Å². The van der Waals surface area contributed by atoms with Crippen LogP contribution >= 0.6 is 0 Å². The highest BCUT2D eigenvalue weighted by atomic mass is 19.4. The normalized spacial score (nSPS) is 11.4. The van der Waals surface area contributed by atoms with Gasteiger partial charge >= 0.3 is 6.36 Å². The maximum Gasteiger partial charge on any atom is 0.573 e. The van der Waals surface area contributed by atoms with Crippen molar-refractivity contribution < 1.29 is 31.8 Å². The van der Waals surface area contributed by atoms with Crippen LogP contribution in [0.2, 0.25) is 0 Å². The lowest BCUT2D eigenvalue weighted by atomic mass is 10.1. The topological polar surface area (TPSA) is 66.1 Å². The number of aliphatic hydroxyl groups is 1. The molecule has 98 valence electrons. The second-order valence-electron chi connectivity index (χ2n) is 3.00. The third-order valence-corrected chi connectivity index (χ3v) is 1.81. The van der Waals surface area contributed by atoms with Crippen LogP contribution < -0.4 is 4.74 Å². The van der Waals surface area contributed by atoms with Crippen LogP contribution in [-0.4, -0.2) is 16.5 Å². The fourth-order valence-electron chi connectivity index (χ4n) is 1.15. The molecule has 0 amide bonds. The number of pyridine rings is 1. The molecule has 0 spiro atoms. The first-order valence-corrected chi connectivity index (χ1v) is 4.37. The molecule has 1 aromatic rings. The van der Waals surface area contributed by atoms with E-state index in [4.69, 9.17) is 10.4 Å². The second-order valence-corrected chi connectivity index (χ2v) is 3.00. The van der Waals surface area contributed by atoms with Gasteiger partial charge < -0.3 is 9.84 Å². The standard InChI is InChI=1S/C9H5F5N2O2/c10-8(11)7-4(3-17)1-6(5(2-15)16-7)18-9(12,13)14/h1,8,17H,3H2. The van der Waals surface area contributed by atoms with E-state index in [9.17, 15) is 22.0 Å². The summed E-state index contributed by atoms with van der Waals surface area (Å²) < 4.78 is 64.3. The highest BCUT2D eigenvalue weighted by molar-refractivity contribution is 5.42. The van der Waals surface area contributed by atoms with Gasteiger partial charge in [0, 0.05) is 5.56 Å². The Morgan fingerprint density at radius 1 is 1.44 bits per heavy atom. The third kappa shape index (κ3) is 3.27. The Bertz CT molecular complexity index is 481. The summed E-state index contributed by atoms with van der Waals surface area (Å²) in [6, 6.07) is 1.73. The molecule has 0 bridgehead atoms. The van der Waals surface area contributed by atoms with Crippen molar-refractivity contribution in [2.45, 2.75) is 19.4 Å². The molecule has 0 saturated heterocycles. The lowest BCUT2D eigenvalue weighted by molar-refractivity contribution is -0.274. The van der Waals surface area contributed by atoms with Gasteiger partial charge in [-0.05, 0) is 6.07 Å². The number of hydrogen-bond acceptors (Lipinski definition) is 4. The van der Waals surface area contributed by atoms with Crippen LogP contribution in [0.1, 0.15) is 23.4 Å². The van der Waals surface area contributed by atoms with Gasteiger partial charge in [-0.25, -0.2) is 13.8 Å². The summed E-state index contributed by atoms with van der Waals surface area (Å²) in [7, 11) is 0. The number of ether oxygens (including phenoxy) is 1. The van der Waals surface area contributed by atoms with Crippen molar-refractivity contribution in [1.29, 1.82) is 5.26 Å². The average Bonchev–Trinajstić information content (AvgIpc) is 2.25. The molecule has 9 heteroatoms. The Morgan fingerprint density at radius 2 is 2.06 bits per heavy atom. The average molecular weight is 268 g/mol. The van der Waals surface area contributed by atoms with Crippen LogP contribution in [0, 0.1) is 11.3 Å². The van der Waals surface area contributed by atoms with E-state index in [0.717, 1.165) is 0 Å². The van der Waals surface area contributed by atoms with Crippen LogP contribution in [-0.2, 0) is 6.61 Å². The molecule has 1 aromatic heterocycles. The number of rotatable bonds is 3. The van der Waals surface area contributed by atoms with Gasteiger partial charge in [-0.1, -0.05) is 0 Å². The predicted molar refractivity (Wildman–Crippen MR) is 46.5 cm³/mol. The molecule has 0 fully saturated rings. The first-order valence-electron chi connectivity index (χ1n) is 4.37. The van der Waals surface area contributed by atoms with Crippen molar-refractivity contribution in [3.05, 3.63) is 23.0 Å². The van der Waals surface area contributed by atoms with E-state index in [1.54, 1.807) is 0 Å². The molecule has 1 rings (SSSR count). The van der Waals surface area contributed by atoms with Gasteiger partial charge in [-0.3, -0.25) is 0 Å². The van der Waals surface area contributed by atoms with Crippen molar-refractivity contribution in [1.82, 2.24) is 4.98 Å². The van der Waals surface area contributed by atoms with E-state index in [1.807, 2.05) is 0 Å². The fourth-order valence-corrected chi connectivity index (χ4v) is 1.15. The summed E-state index contributed by atoms with van der Waals surface area (Å²) in [5.41, 5.74) is -2.42. The van der Waals surface area contributed by atoms with Crippen molar-refractivity contribution in [2.75, 3.05) is 0 Å². The van der Waals surface area contributed by atoms with Gasteiger partial charge in [0.15, 0.2) is 11.4 Å². The first kappa shape index (κ1) is 14.1. The second kappa shape index (κ2) is 5.14. The van der Waals surface area contributed by atoms with Crippen LogP contribution in [0.3, 0.4) is 0 Å². The number of nitriles is 1. The first-order chi connectivity index (χ1) is 8.28. The fraction of sp³-hybridized carbons (Fsp3) is 0.333. The number of aromatic nitrogens is 1. The van der Waals surface area contributed by atoms with Gasteiger partial charge in [0.25, 0.3) is 6.43 Å². The Hall–Kier alpha value is -1.95. The molecule has 18 heavy (non-hydrogen) atoms. The molecule has 0 unspecified atom stereocenters. The number of hydrogen-bond donors (Lipinski definition) is 1. The largest absolute Gasteiger partial charge is 0.573 e. The minimum absolute atomic E-state index is 0.514. The van der Waals surface area contributed by atoms with Crippen molar-refractivity contribution in [3.8, 4) is 11.8 Å². The number of alkyl halides is 5. The molecule has 0 aromatic carbocycles. The van der Waals surface area contributed by atoms with Gasteiger partial charge in [0.2, 0.25) is 0 Å². The van der Waals surface area contributed by atoms with Gasteiger partial charge in [-0.2, -0.15) is 5.26 Å². The quantitative estimate of drug-likeness (QED) is 0.854.